The van der Waals surface area contributed by atoms with Gasteiger partial charge in [0.1, 0.15) is 5.75 Å². The third kappa shape index (κ3) is 4.56. The van der Waals surface area contributed by atoms with Crippen LogP contribution in [0.15, 0.2) is 41.4 Å². The number of aliphatic imine (C=N–C) groups is 1. The second-order valence-electron chi connectivity index (χ2n) is 6.12. The van der Waals surface area contributed by atoms with Crippen LogP contribution in [0.1, 0.15) is 31.7 Å². The van der Waals surface area contributed by atoms with E-state index in [0.717, 1.165) is 36.4 Å². The average Bonchev–Trinajstić information content (AvgIpc) is 2.95. The maximum absolute atomic E-state index is 13.4. The number of para-hydroxylation sites is 1. The molecule has 0 bridgehead atoms. The van der Waals surface area contributed by atoms with E-state index in [9.17, 15) is 8.78 Å². The molecule has 0 N–H and O–H groups in total. The van der Waals surface area contributed by atoms with Gasteiger partial charge in [0.15, 0.2) is 17.4 Å². The first-order chi connectivity index (χ1) is 12.1. The molecule has 3 nitrogen and oxygen atoms in total. The van der Waals surface area contributed by atoms with Crippen LogP contribution in [0.25, 0.3) is 0 Å². The first kappa shape index (κ1) is 17.4. The first-order valence-corrected chi connectivity index (χ1v) is 8.50. The van der Waals surface area contributed by atoms with Crippen molar-refractivity contribution in [3.63, 3.8) is 0 Å². The van der Waals surface area contributed by atoms with Crippen LogP contribution in [0.4, 0.5) is 14.5 Å². The third-order valence-corrected chi connectivity index (χ3v) is 4.03. The largest absolute Gasteiger partial charge is 0.494 e. The molecule has 0 unspecified atom stereocenters. The lowest BCUT2D eigenvalue weighted by Crippen LogP contribution is -2.03. The maximum Gasteiger partial charge on any atom is 0.190 e. The first-order valence-electron chi connectivity index (χ1n) is 8.50. The molecular weight excluding hydrogens is 324 g/mol. The van der Waals surface area contributed by atoms with Crippen LogP contribution in [0, 0.1) is 11.6 Å². The molecule has 0 fully saturated rings. The Balaban J connectivity index is 1.33. The molecule has 0 aliphatic carbocycles. The predicted octanol–water partition coefficient (Wildman–Crippen LogP) is 5.24. The van der Waals surface area contributed by atoms with Gasteiger partial charge in [0, 0.05) is 12.1 Å². The summed E-state index contributed by atoms with van der Waals surface area (Å²) in [6.45, 7) is 2.91. The highest BCUT2D eigenvalue weighted by molar-refractivity contribution is 5.92. The van der Waals surface area contributed by atoms with Crippen LogP contribution < -0.4 is 9.47 Å². The van der Waals surface area contributed by atoms with E-state index < -0.39 is 11.6 Å². The van der Waals surface area contributed by atoms with Crippen LogP contribution in [0.3, 0.4) is 0 Å². The molecule has 5 heteroatoms. The maximum atomic E-state index is 13.4. The van der Waals surface area contributed by atoms with Gasteiger partial charge in [-0.2, -0.15) is 0 Å². The van der Waals surface area contributed by atoms with Crippen LogP contribution in [-0.2, 0) is 6.42 Å². The second kappa shape index (κ2) is 8.10. The fraction of sp³-hybridized carbons (Fsp3) is 0.350. The van der Waals surface area contributed by atoms with E-state index in [-0.39, 0.29) is 12.4 Å². The summed E-state index contributed by atoms with van der Waals surface area (Å²) in [5.41, 5.74) is 3.36. The summed E-state index contributed by atoms with van der Waals surface area (Å²) in [7, 11) is 0. The molecule has 3 rings (SSSR count). The smallest absolute Gasteiger partial charge is 0.190 e. The summed E-state index contributed by atoms with van der Waals surface area (Å²) in [5.74, 6) is -0.777. The van der Waals surface area contributed by atoms with Gasteiger partial charge in [-0.15, -0.1) is 0 Å². The van der Waals surface area contributed by atoms with E-state index in [2.05, 4.69) is 4.99 Å². The van der Waals surface area contributed by atoms with Gasteiger partial charge in [0.2, 0.25) is 0 Å². The lowest BCUT2D eigenvalue weighted by molar-refractivity contribution is 0.263. The minimum Gasteiger partial charge on any atom is -0.494 e. The van der Waals surface area contributed by atoms with Gasteiger partial charge in [-0.1, -0.05) is 6.07 Å². The molecule has 1 aliphatic heterocycles. The number of benzene rings is 2. The topological polar surface area (TPSA) is 30.8 Å². The molecule has 1 heterocycles. The fourth-order valence-electron chi connectivity index (χ4n) is 2.79. The number of unbranched alkanes of at least 4 members (excludes halogenated alkanes) is 2. The number of fused-ring (bicyclic) bond motifs is 1. The SMILES string of the molecule is CC1=Nc2ccc(OCCCCCOc3c(F)cccc3F)cc2C1. The zero-order valence-corrected chi connectivity index (χ0v) is 14.2. The minimum absolute atomic E-state index is 0.285. The zero-order chi connectivity index (χ0) is 17.6. The molecular formula is C20H21F2NO2. The van der Waals surface area contributed by atoms with Crippen molar-refractivity contribution in [3.8, 4) is 11.5 Å². The Labute approximate surface area is 146 Å². The molecule has 0 saturated heterocycles. The van der Waals surface area contributed by atoms with E-state index in [1.54, 1.807) is 0 Å². The summed E-state index contributed by atoms with van der Waals surface area (Å²) >= 11 is 0. The van der Waals surface area contributed by atoms with Gasteiger partial charge in [-0.25, -0.2) is 8.78 Å². The Kier molecular flexibility index (Phi) is 5.64. The summed E-state index contributed by atoms with van der Waals surface area (Å²) in [5, 5.41) is 0. The molecule has 0 aromatic heterocycles. The third-order valence-electron chi connectivity index (χ3n) is 4.03. The van der Waals surface area contributed by atoms with E-state index >= 15 is 0 Å². The molecule has 0 atom stereocenters. The highest BCUT2D eigenvalue weighted by Crippen LogP contribution is 2.30. The van der Waals surface area contributed by atoms with Crippen molar-refractivity contribution in [2.24, 2.45) is 4.99 Å². The van der Waals surface area contributed by atoms with Crippen molar-refractivity contribution >= 4 is 11.4 Å². The second-order valence-corrected chi connectivity index (χ2v) is 6.12. The Hall–Kier alpha value is -2.43. The number of hydrogen-bond donors (Lipinski definition) is 0. The molecule has 0 radical (unpaired) electrons. The lowest BCUT2D eigenvalue weighted by Gasteiger charge is -2.09. The highest BCUT2D eigenvalue weighted by Gasteiger charge is 2.12. The Morgan fingerprint density at radius 3 is 2.44 bits per heavy atom. The quantitative estimate of drug-likeness (QED) is 0.613. The normalized spacial score (nSPS) is 12.7. The predicted molar refractivity (Wildman–Crippen MR) is 94.1 cm³/mol. The lowest BCUT2D eigenvalue weighted by atomic mass is 10.1. The number of hydrogen-bond acceptors (Lipinski definition) is 3. The summed E-state index contributed by atoms with van der Waals surface area (Å²) in [6, 6.07) is 9.66. The summed E-state index contributed by atoms with van der Waals surface area (Å²) < 4.78 is 37.7. The number of nitrogens with zero attached hydrogens (tertiary/aromatic N) is 1. The van der Waals surface area contributed by atoms with Crippen LogP contribution >= 0.6 is 0 Å². The van der Waals surface area contributed by atoms with Crippen molar-refractivity contribution in [1.82, 2.24) is 0 Å². The van der Waals surface area contributed by atoms with Crippen molar-refractivity contribution in [3.05, 3.63) is 53.6 Å². The molecule has 0 spiro atoms. The highest BCUT2D eigenvalue weighted by atomic mass is 19.1. The monoisotopic (exact) mass is 345 g/mol. The van der Waals surface area contributed by atoms with Gasteiger partial charge in [-0.3, -0.25) is 4.99 Å². The van der Waals surface area contributed by atoms with Crippen molar-refractivity contribution in [1.29, 1.82) is 0 Å². The molecule has 2 aromatic carbocycles. The molecule has 132 valence electrons. The van der Waals surface area contributed by atoms with E-state index in [0.29, 0.717) is 13.0 Å². The molecule has 2 aromatic rings. The number of halogens is 2. The van der Waals surface area contributed by atoms with Crippen LogP contribution in [0.5, 0.6) is 11.5 Å². The Morgan fingerprint density at radius 2 is 1.68 bits per heavy atom. The molecule has 1 aliphatic rings. The average molecular weight is 345 g/mol. The molecule has 0 amide bonds. The van der Waals surface area contributed by atoms with Gasteiger partial charge in [0.05, 0.1) is 18.9 Å². The number of rotatable bonds is 8. The fourth-order valence-corrected chi connectivity index (χ4v) is 2.79. The van der Waals surface area contributed by atoms with Gasteiger partial charge in [-0.05, 0) is 62.1 Å². The van der Waals surface area contributed by atoms with E-state index in [1.165, 1.54) is 23.8 Å². The standard InChI is InChI=1S/C20H21F2NO2/c1-14-12-15-13-16(8-9-19(15)23-14)24-10-3-2-4-11-25-20-17(21)6-5-7-18(20)22/h5-9,13H,2-4,10-12H2,1H3. The molecule has 25 heavy (non-hydrogen) atoms. The Bertz CT molecular complexity index is 754. The summed E-state index contributed by atoms with van der Waals surface area (Å²) in [4.78, 5) is 4.45. The van der Waals surface area contributed by atoms with E-state index in [4.69, 9.17) is 9.47 Å². The zero-order valence-electron chi connectivity index (χ0n) is 14.2. The summed E-state index contributed by atoms with van der Waals surface area (Å²) in [6.07, 6.45) is 3.32. The van der Waals surface area contributed by atoms with Crippen LogP contribution in [0.2, 0.25) is 0 Å². The van der Waals surface area contributed by atoms with Gasteiger partial charge >= 0.3 is 0 Å². The van der Waals surface area contributed by atoms with Gasteiger partial charge < -0.3 is 9.47 Å². The Morgan fingerprint density at radius 1 is 0.960 bits per heavy atom. The van der Waals surface area contributed by atoms with Crippen molar-refractivity contribution in [2.45, 2.75) is 32.6 Å². The minimum atomic E-state index is -0.667. The number of ether oxygens (including phenoxy) is 2. The van der Waals surface area contributed by atoms with E-state index in [1.807, 2.05) is 25.1 Å². The van der Waals surface area contributed by atoms with Crippen molar-refractivity contribution < 1.29 is 18.3 Å². The van der Waals surface area contributed by atoms with Crippen molar-refractivity contribution in [2.75, 3.05) is 13.2 Å². The molecule has 0 saturated carbocycles. The van der Waals surface area contributed by atoms with Gasteiger partial charge in [0.25, 0.3) is 0 Å². The van der Waals surface area contributed by atoms with Crippen LogP contribution in [-0.4, -0.2) is 18.9 Å².